The molecule has 0 fully saturated rings. The molecule has 2 aromatic rings. The van der Waals surface area contributed by atoms with E-state index in [0.717, 1.165) is 5.56 Å². The summed E-state index contributed by atoms with van der Waals surface area (Å²) in [4.78, 5) is 68.4. The van der Waals surface area contributed by atoms with E-state index in [2.05, 4.69) is 25.9 Å². The highest BCUT2D eigenvalue weighted by atomic mass is 16.4. The van der Waals surface area contributed by atoms with Crippen molar-refractivity contribution in [1.82, 2.24) is 25.9 Å². The number of nitrogens with two attached hydrogens (primary N) is 2. The summed E-state index contributed by atoms with van der Waals surface area (Å²) in [6.07, 6.45) is 2.32. The number of imidazole rings is 1. The minimum absolute atomic E-state index is 0.109. The SMILES string of the molecule is CC(C)C(NC(=O)C(N)Cc1ccccc1)C(=O)NC(CC(N)=O)C(=O)NC(Cc1cnc[nH]1)C(=O)O. The Balaban J connectivity index is 2.09. The van der Waals surface area contributed by atoms with Crippen LogP contribution in [0.1, 0.15) is 31.5 Å². The molecule has 4 atom stereocenters. The van der Waals surface area contributed by atoms with Crippen molar-refractivity contribution in [3.63, 3.8) is 0 Å². The lowest BCUT2D eigenvalue weighted by molar-refractivity contribution is -0.142. The topological polar surface area (TPSA) is 222 Å². The maximum atomic E-state index is 13.0. The fraction of sp³-hybridized carbons (Fsp3) is 0.417. The number of aliphatic carboxylic acids is 1. The van der Waals surface area contributed by atoms with Crippen molar-refractivity contribution >= 4 is 29.6 Å². The molecule has 9 N–H and O–H groups in total. The normalized spacial score (nSPS) is 14.2. The Labute approximate surface area is 213 Å². The highest BCUT2D eigenvalue weighted by Crippen LogP contribution is 2.07. The molecule has 0 aliphatic heterocycles. The third-order valence-electron chi connectivity index (χ3n) is 5.51. The van der Waals surface area contributed by atoms with Crippen LogP contribution in [0.5, 0.6) is 0 Å². The number of carboxylic acids is 1. The fourth-order valence-corrected chi connectivity index (χ4v) is 3.52. The molecule has 1 aromatic carbocycles. The second-order valence-electron chi connectivity index (χ2n) is 8.94. The van der Waals surface area contributed by atoms with E-state index in [1.165, 1.54) is 12.5 Å². The second-order valence-corrected chi connectivity index (χ2v) is 8.94. The molecule has 0 aliphatic carbocycles. The molecule has 200 valence electrons. The lowest BCUT2D eigenvalue weighted by Crippen LogP contribution is -2.59. The van der Waals surface area contributed by atoms with Crippen molar-refractivity contribution in [2.45, 2.75) is 57.3 Å². The van der Waals surface area contributed by atoms with Gasteiger partial charge in [0.1, 0.15) is 18.1 Å². The van der Waals surface area contributed by atoms with E-state index in [1.54, 1.807) is 13.8 Å². The summed E-state index contributed by atoms with van der Waals surface area (Å²) in [6.45, 7) is 3.36. The van der Waals surface area contributed by atoms with Gasteiger partial charge in [-0.1, -0.05) is 44.2 Å². The first-order valence-corrected chi connectivity index (χ1v) is 11.7. The van der Waals surface area contributed by atoms with Gasteiger partial charge in [0.15, 0.2) is 0 Å². The van der Waals surface area contributed by atoms with Crippen LogP contribution in [-0.2, 0) is 36.8 Å². The number of primary amides is 1. The van der Waals surface area contributed by atoms with Crippen LogP contribution in [-0.4, -0.2) is 68.8 Å². The van der Waals surface area contributed by atoms with Crippen LogP contribution in [0, 0.1) is 5.92 Å². The van der Waals surface area contributed by atoms with E-state index >= 15 is 0 Å². The van der Waals surface area contributed by atoms with Gasteiger partial charge in [0.25, 0.3) is 0 Å². The molecule has 13 heteroatoms. The van der Waals surface area contributed by atoms with Gasteiger partial charge in [-0.15, -0.1) is 0 Å². The predicted molar refractivity (Wildman–Crippen MR) is 132 cm³/mol. The molecular formula is C24H33N7O6. The van der Waals surface area contributed by atoms with E-state index < -0.39 is 66.1 Å². The van der Waals surface area contributed by atoms with E-state index in [9.17, 15) is 29.1 Å². The maximum absolute atomic E-state index is 13.0. The zero-order valence-corrected chi connectivity index (χ0v) is 20.6. The van der Waals surface area contributed by atoms with E-state index in [0.29, 0.717) is 5.69 Å². The van der Waals surface area contributed by atoms with Crippen LogP contribution < -0.4 is 27.4 Å². The molecule has 0 aliphatic rings. The summed E-state index contributed by atoms with van der Waals surface area (Å²) in [7, 11) is 0. The highest BCUT2D eigenvalue weighted by molar-refractivity contribution is 5.96. The van der Waals surface area contributed by atoms with Crippen molar-refractivity contribution in [2.24, 2.45) is 17.4 Å². The van der Waals surface area contributed by atoms with Gasteiger partial charge in [0, 0.05) is 18.3 Å². The Morgan fingerprint density at radius 2 is 1.59 bits per heavy atom. The first-order valence-electron chi connectivity index (χ1n) is 11.7. The minimum Gasteiger partial charge on any atom is -0.480 e. The van der Waals surface area contributed by atoms with Crippen LogP contribution in [0.3, 0.4) is 0 Å². The third-order valence-corrected chi connectivity index (χ3v) is 5.51. The van der Waals surface area contributed by atoms with Gasteiger partial charge < -0.3 is 37.5 Å². The van der Waals surface area contributed by atoms with Crippen molar-refractivity contribution in [3.05, 3.63) is 54.1 Å². The first kappa shape index (κ1) is 29.0. The Hall–Kier alpha value is -4.26. The van der Waals surface area contributed by atoms with Crippen molar-refractivity contribution in [2.75, 3.05) is 0 Å². The monoisotopic (exact) mass is 515 g/mol. The molecule has 1 heterocycles. The highest BCUT2D eigenvalue weighted by Gasteiger charge is 2.32. The number of H-pyrrole nitrogens is 1. The Morgan fingerprint density at radius 3 is 2.14 bits per heavy atom. The maximum Gasteiger partial charge on any atom is 0.326 e. The Kier molecular flexibility index (Phi) is 10.8. The molecule has 0 bridgehead atoms. The number of carbonyl (C=O) groups is 5. The minimum atomic E-state index is -1.47. The number of amides is 4. The van der Waals surface area contributed by atoms with Crippen molar-refractivity contribution < 1.29 is 29.1 Å². The summed E-state index contributed by atoms with van der Waals surface area (Å²) in [5.41, 5.74) is 12.6. The summed E-state index contributed by atoms with van der Waals surface area (Å²) < 4.78 is 0. The van der Waals surface area contributed by atoms with Gasteiger partial charge >= 0.3 is 5.97 Å². The molecule has 13 nitrogen and oxygen atoms in total. The molecule has 0 saturated heterocycles. The quantitative estimate of drug-likeness (QED) is 0.158. The van der Waals surface area contributed by atoms with E-state index in [4.69, 9.17) is 11.5 Å². The number of aromatic nitrogens is 2. The molecule has 0 radical (unpaired) electrons. The van der Waals surface area contributed by atoms with Gasteiger partial charge in [0.05, 0.1) is 18.8 Å². The Bertz CT molecular complexity index is 1070. The summed E-state index contributed by atoms with van der Waals surface area (Å²) >= 11 is 0. The van der Waals surface area contributed by atoms with Gasteiger partial charge in [-0.3, -0.25) is 19.2 Å². The molecule has 37 heavy (non-hydrogen) atoms. The molecule has 1 aromatic heterocycles. The lowest BCUT2D eigenvalue weighted by atomic mass is 10.0. The number of carboxylic acid groups (broad SMARTS) is 1. The number of rotatable bonds is 14. The number of hydrogen-bond acceptors (Lipinski definition) is 7. The summed E-state index contributed by atoms with van der Waals surface area (Å²) in [5.74, 6) is -4.87. The number of benzene rings is 1. The largest absolute Gasteiger partial charge is 0.480 e. The summed E-state index contributed by atoms with van der Waals surface area (Å²) in [5, 5.41) is 16.8. The third kappa shape index (κ3) is 9.37. The average Bonchev–Trinajstić information content (AvgIpc) is 3.34. The van der Waals surface area contributed by atoms with Crippen molar-refractivity contribution in [1.29, 1.82) is 0 Å². The summed E-state index contributed by atoms with van der Waals surface area (Å²) in [6, 6.07) is 4.27. The number of aromatic amines is 1. The van der Waals surface area contributed by atoms with Crippen LogP contribution in [0.2, 0.25) is 0 Å². The zero-order valence-electron chi connectivity index (χ0n) is 20.6. The average molecular weight is 516 g/mol. The Morgan fingerprint density at radius 1 is 0.946 bits per heavy atom. The standard InChI is InChI=1S/C24H33N7O6/c1-13(2)20(31-21(33)16(25)8-14-6-4-3-5-7-14)23(35)29-17(10-19(26)32)22(34)30-18(24(36)37)9-15-11-27-12-28-15/h3-7,11-13,16-18,20H,8-10,25H2,1-2H3,(H2,26,32)(H,27,28)(H,29,35)(H,30,34)(H,31,33)(H,36,37). The number of hydrogen-bond donors (Lipinski definition) is 7. The van der Waals surface area contributed by atoms with Crippen LogP contribution in [0.25, 0.3) is 0 Å². The van der Waals surface area contributed by atoms with Crippen LogP contribution >= 0.6 is 0 Å². The fourth-order valence-electron chi connectivity index (χ4n) is 3.52. The van der Waals surface area contributed by atoms with E-state index in [-0.39, 0.29) is 12.8 Å². The second kappa shape index (κ2) is 13.7. The van der Waals surface area contributed by atoms with Crippen LogP contribution in [0.4, 0.5) is 0 Å². The van der Waals surface area contributed by atoms with E-state index in [1.807, 2.05) is 30.3 Å². The molecule has 0 saturated carbocycles. The predicted octanol–water partition coefficient (Wildman–Crippen LogP) is -1.41. The zero-order chi connectivity index (χ0) is 27.5. The number of nitrogens with zero attached hydrogens (tertiary/aromatic N) is 1. The smallest absolute Gasteiger partial charge is 0.326 e. The molecule has 0 spiro atoms. The van der Waals surface area contributed by atoms with Crippen LogP contribution in [0.15, 0.2) is 42.9 Å². The van der Waals surface area contributed by atoms with Gasteiger partial charge in [0.2, 0.25) is 23.6 Å². The molecule has 4 amide bonds. The molecular weight excluding hydrogens is 482 g/mol. The molecule has 2 rings (SSSR count). The lowest BCUT2D eigenvalue weighted by Gasteiger charge is -2.26. The first-order chi connectivity index (χ1) is 17.5. The number of nitrogens with one attached hydrogen (secondary N) is 4. The van der Waals surface area contributed by atoms with Gasteiger partial charge in [-0.05, 0) is 17.9 Å². The van der Waals surface area contributed by atoms with Crippen molar-refractivity contribution in [3.8, 4) is 0 Å². The molecule has 4 unspecified atom stereocenters. The van der Waals surface area contributed by atoms with Gasteiger partial charge in [-0.2, -0.15) is 0 Å². The van der Waals surface area contributed by atoms with Gasteiger partial charge in [-0.25, -0.2) is 9.78 Å². The number of carbonyl (C=O) groups excluding carboxylic acids is 4.